The SMILES string of the molecule is COc1c(OC(F)(F)F)cccc1C(=O)c1cc(Cl)ccc1NC(=O)C(C)(C)C. The molecule has 1 amide bonds. The number of ether oxygens (including phenoxy) is 2. The lowest BCUT2D eigenvalue weighted by Gasteiger charge is -2.20. The molecule has 29 heavy (non-hydrogen) atoms. The molecule has 2 rings (SSSR count). The van der Waals surface area contributed by atoms with Gasteiger partial charge in [-0.3, -0.25) is 9.59 Å². The molecule has 2 aromatic rings. The van der Waals surface area contributed by atoms with Gasteiger partial charge in [-0.25, -0.2) is 0 Å². The molecule has 9 heteroatoms. The number of hydrogen-bond acceptors (Lipinski definition) is 4. The van der Waals surface area contributed by atoms with Crippen LogP contribution in [0.2, 0.25) is 5.02 Å². The van der Waals surface area contributed by atoms with E-state index < -0.39 is 23.3 Å². The van der Waals surface area contributed by atoms with Gasteiger partial charge >= 0.3 is 6.36 Å². The number of anilines is 1. The van der Waals surface area contributed by atoms with E-state index in [9.17, 15) is 22.8 Å². The Bertz CT molecular complexity index is 936. The minimum Gasteiger partial charge on any atom is -0.492 e. The zero-order valence-corrected chi connectivity index (χ0v) is 16.9. The largest absolute Gasteiger partial charge is 0.573 e. The van der Waals surface area contributed by atoms with Crippen LogP contribution in [0.1, 0.15) is 36.7 Å². The highest BCUT2D eigenvalue weighted by Crippen LogP contribution is 2.37. The minimum absolute atomic E-state index is 0.00226. The topological polar surface area (TPSA) is 64.6 Å². The van der Waals surface area contributed by atoms with Crippen LogP contribution >= 0.6 is 11.6 Å². The summed E-state index contributed by atoms with van der Waals surface area (Å²) in [7, 11) is 1.12. The van der Waals surface area contributed by atoms with E-state index >= 15 is 0 Å². The van der Waals surface area contributed by atoms with Gasteiger partial charge in [-0.15, -0.1) is 13.2 Å². The van der Waals surface area contributed by atoms with Gasteiger partial charge in [0.2, 0.25) is 5.91 Å². The summed E-state index contributed by atoms with van der Waals surface area (Å²) in [4.78, 5) is 25.5. The summed E-state index contributed by atoms with van der Waals surface area (Å²) in [5, 5.41) is 2.86. The fraction of sp³-hybridized carbons (Fsp3) is 0.300. The second kappa shape index (κ2) is 8.32. The number of alkyl halides is 3. The number of methoxy groups -OCH3 is 1. The van der Waals surface area contributed by atoms with Crippen molar-refractivity contribution in [3.8, 4) is 11.5 Å². The predicted molar refractivity (Wildman–Crippen MR) is 103 cm³/mol. The molecule has 0 spiro atoms. The van der Waals surface area contributed by atoms with Crippen LogP contribution in [-0.4, -0.2) is 25.2 Å². The molecule has 156 valence electrons. The first-order valence-electron chi connectivity index (χ1n) is 8.42. The molecule has 0 aromatic heterocycles. The third kappa shape index (κ3) is 5.63. The fourth-order valence-electron chi connectivity index (χ4n) is 2.38. The Hall–Kier alpha value is -2.74. The molecule has 0 atom stereocenters. The highest BCUT2D eigenvalue weighted by atomic mass is 35.5. The highest BCUT2D eigenvalue weighted by Gasteiger charge is 2.34. The standard InChI is InChI=1S/C20H19ClF3NO4/c1-19(2,3)18(27)25-14-9-8-11(21)10-13(14)16(26)12-6-5-7-15(17(12)28-4)29-20(22,23)24/h5-10H,1-4H3,(H,25,27). The first kappa shape index (κ1) is 22.5. The van der Waals surface area contributed by atoms with Crippen molar-refractivity contribution in [2.45, 2.75) is 27.1 Å². The van der Waals surface area contributed by atoms with Gasteiger partial charge in [-0.2, -0.15) is 0 Å². The van der Waals surface area contributed by atoms with Crippen molar-refractivity contribution in [1.82, 2.24) is 0 Å². The maximum Gasteiger partial charge on any atom is 0.573 e. The first-order valence-corrected chi connectivity index (χ1v) is 8.79. The molecule has 0 saturated heterocycles. The van der Waals surface area contributed by atoms with Crippen molar-refractivity contribution in [1.29, 1.82) is 0 Å². The molecular formula is C20H19ClF3NO4. The summed E-state index contributed by atoms with van der Waals surface area (Å²) in [5.74, 6) is -2.09. The lowest BCUT2D eigenvalue weighted by Crippen LogP contribution is -2.28. The normalized spacial score (nSPS) is 11.7. The molecular weight excluding hydrogens is 411 g/mol. The number of benzene rings is 2. The zero-order valence-electron chi connectivity index (χ0n) is 16.1. The molecule has 1 N–H and O–H groups in total. The molecule has 0 fully saturated rings. The van der Waals surface area contributed by atoms with Gasteiger partial charge in [-0.05, 0) is 30.3 Å². The predicted octanol–water partition coefficient (Wildman–Crippen LogP) is 5.46. The van der Waals surface area contributed by atoms with Gasteiger partial charge in [0.15, 0.2) is 17.3 Å². The molecule has 0 saturated carbocycles. The number of carbonyl (C=O) groups excluding carboxylic acids is 2. The van der Waals surface area contributed by atoms with E-state index in [0.717, 1.165) is 13.2 Å². The van der Waals surface area contributed by atoms with Gasteiger partial charge in [0.05, 0.1) is 18.4 Å². The summed E-state index contributed by atoms with van der Waals surface area (Å²) in [6, 6.07) is 7.80. The second-order valence-electron chi connectivity index (χ2n) is 7.11. The quantitative estimate of drug-likeness (QED) is 0.641. The van der Waals surface area contributed by atoms with Gasteiger partial charge in [0.1, 0.15) is 0 Å². The van der Waals surface area contributed by atoms with E-state index in [4.69, 9.17) is 16.3 Å². The second-order valence-corrected chi connectivity index (χ2v) is 7.54. The van der Waals surface area contributed by atoms with E-state index in [-0.39, 0.29) is 33.5 Å². The molecule has 0 radical (unpaired) electrons. The summed E-state index contributed by atoms with van der Waals surface area (Å²) < 4.78 is 46.9. The van der Waals surface area contributed by atoms with E-state index in [1.165, 1.54) is 30.3 Å². The van der Waals surface area contributed by atoms with Crippen molar-refractivity contribution >= 4 is 29.0 Å². The van der Waals surface area contributed by atoms with Crippen LogP contribution in [0.25, 0.3) is 0 Å². The van der Waals surface area contributed by atoms with Crippen molar-refractivity contribution in [3.05, 3.63) is 52.5 Å². The Labute approximate surface area is 170 Å². The van der Waals surface area contributed by atoms with Gasteiger partial charge in [0, 0.05) is 16.0 Å². The Balaban J connectivity index is 2.54. The molecule has 0 heterocycles. The number of para-hydroxylation sites is 1. The third-order valence-corrected chi connectivity index (χ3v) is 4.04. The number of halogens is 4. The molecule has 0 unspecified atom stereocenters. The number of nitrogens with one attached hydrogen (secondary N) is 1. The molecule has 0 aliphatic heterocycles. The summed E-state index contributed by atoms with van der Waals surface area (Å²) in [6.07, 6.45) is -4.96. The Morgan fingerprint density at radius 3 is 2.24 bits per heavy atom. The average molecular weight is 430 g/mol. The van der Waals surface area contributed by atoms with E-state index in [1.54, 1.807) is 20.8 Å². The third-order valence-electron chi connectivity index (χ3n) is 3.81. The number of hydrogen-bond donors (Lipinski definition) is 1. The molecule has 2 aromatic carbocycles. The maximum atomic E-state index is 13.1. The van der Waals surface area contributed by atoms with Crippen LogP contribution in [-0.2, 0) is 4.79 Å². The smallest absolute Gasteiger partial charge is 0.492 e. The van der Waals surface area contributed by atoms with Crippen molar-refractivity contribution in [2.75, 3.05) is 12.4 Å². The number of rotatable bonds is 5. The Morgan fingerprint density at radius 1 is 1.03 bits per heavy atom. The number of amides is 1. The number of ketones is 1. The van der Waals surface area contributed by atoms with E-state index in [0.29, 0.717) is 0 Å². The maximum absolute atomic E-state index is 13.1. The van der Waals surface area contributed by atoms with Crippen LogP contribution < -0.4 is 14.8 Å². The summed E-state index contributed by atoms with van der Waals surface area (Å²) in [5.41, 5.74) is -0.748. The average Bonchev–Trinajstić information content (AvgIpc) is 2.60. The summed E-state index contributed by atoms with van der Waals surface area (Å²) in [6.45, 7) is 5.09. The molecule has 0 bridgehead atoms. The van der Waals surface area contributed by atoms with Gasteiger partial charge in [-0.1, -0.05) is 38.4 Å². The first-order chi connectivity index (χ1) is 13.3. The lowest BCUT2D eigenvalue weighted by molar-refractivity contribution is -0.275. The zero-order chi connectivity index (χ0) is 22.0. The van der Waals surface area contributed by atoms with E-state index in [2.05, 4.69) is 10.1 Å². The van der Waals surface area contributed by atoms with Crippen LogP contribution in [0.3, 0.4) is 0 Å². The van der Waals surface area contributed by atoms with Crippen LogP contribution in [0.15, 0.2) is 36.4 Å². The van der Waals surface area contributed by atoms with Crippen molar-refractivity contribution in [3.63, 3.8) is 0 Å². The van der Waals surface area contributed by atoms with Crippen LogP contribution in [0, 0.1) is 5.41 Å². The Kier molecular flexibility index (Phi) is 6.47. The van der Waals surface area contributed by atoms with Crippen molar-refractivity contribution < 1.29 is 32.2 Å². The summed E-state index contributed by atoms with van der Waals surface area (Å²) >= 11 is 6.00. The van der Waals surface area contributed by atoms with E-state index in [1.807, 2.05) is 0 Å². The molecule has 5 nitrogen and oxygen atoms in total. The molecule has 0 aliphatic rings. The molecule has 0 aliphatic carbocycles. The highest BCUT2D eigenvalue weighted by molar-refractivity contribution is 6.31. The monoisotopic (exact) mass is 429 g/mol. The Morgan fingerprint density at radius 2 is 1.69 bits per heavy atom. The lowest BCUT2D eigenvalue weighted by atomic mass is 9.94. The minimum atomic E-state index is -4.96. The van der Waals surface area contributed by atoms with Gasteiger partial charge < -0.3 is 14.8 Å². The fourth-order valence-corrected chi connectivity index (χ4v) is 2.55. The van der Waals surface area contributed by atoms with Crippen LogP contribution in [0.4, 0.5) is 18.9 Å². The van der Waals surface area contributed by atoms with Gasteiger partial charge in [0.25, 0.3) is 0 Å². The number of carbonyl (C=O) groups is 2. The van der Waals surface area contributed by atoms with Crippen LogP contribution in [0.5, 0.6) is 11.5 Å². The van der Waals surface area contributed by atoms with Crippen molar-refractivity contribution in [2.24, 2.45) is 5.41 Å².